The Labute approximate surface area is 118 Å². The number of methoxy groups -OCH3 is 1. The van der Waals surface area contributed by atoms with Crippen molar-refractivity contribution in [3.8, 4) is 5.75 Å². The van der Waals surface area contributed by atoms with Gasteiger partial charge in [0.25, 0.3) is 0 Å². The van der Waals surface area contributed by atoms with Gasteiger partial charge in [0.15, 0.2) is 0 Å². The zero-order valence-corrected chi connectivity index (χ0v) is 13.3. The van der Waals surface area contributed by atoms with Crippen LogP contribution in [0.4, 0.5) is 5.69 Å². The van der Waals surface area contributed by atoms with Crippen molar-refractivity contribution in [1.29, 1.82) is 0 Å². The summed E-state index contributed by atoms with van der Waals surface area (Å²) in [7, 11) is 1.73. The molecule has 0 spiro atoms. The topological polar surface area (TPSA) is 21.3 Å². The fraction of sp³-hybridized carbons (Fsp3) is 0.647. The molecule has 0 aromatic heterocycles. The summed E-state index contributed by atoms with van der Waals surface area (Å²) in [5.41, 5.74) is 2.60. The lowest BCUT2D eigenvalue weighted by atomic mass is 9.86. The maximum atomic E-state index is 5.46. The van der Waals surface area contributed by atoms with Crippen LogP contribution in [0.5, 0.6) is 5.75 Å². The van der Waals surface area contributed by atoms with Gasteiger partial charge in [0.05, 0.1) is 12.8 Å². The van der Waals surface area contributed by atoms with E-state index < -0.39 is 0 Å². The van der Waals surface area contributed by atoms with Gasteiger partial charge in [0, 0.05) is 6.04 Å². The highest BCUT2D eigenvalue weighted by molar-refractivity contribution is 5.59. The molecule has 0 radical (unpaired) electrons. The van der Waals surface area contributed by atoms with Crippen LogP contribution in [0.25, 0.3) is 0 Å². The van der Waals surface area contributed by atoms with E-state index >= 15 is 0 Å². The molecule has 0 bridgehead atoms. The van der Waals surface area contributed by atoms with Crippen molar-refractivity contribution in [3.05, 3.63) is 23.8 Å². The van der Waals surface area contributed by atoms with Crippen LogP contribution < -0.4 is 10.1 Å². The number of ether oxygens (including phenoxy) is 1. The normalized spacial score (nSPS) is 13.2. The summed E-state index contributed by atoms with van der Waals surface area (Å²) in [6.07, 6.45) is 3.69. The Kier molecular flexibility index (Phi) is 5.71. The Hall–Kier alpha value is -1.18. The molecule has 2 heteroatoms. The SMILES string of the molecule is CCCCC(C)Nc1cc(C(C)(C)C)ccc1OC. The minimum atomic E-state index is 0.162. The number of benzene rings is 1. The second-order valence-electron chi connectivity index (χ2n) is 6.35. The highest BCUT2D eigenvalue weighted by atomic mass is 16.5. The molecule has 1 atom stereocenters. The average Bonchev–Trinajstić information content (AvgIpc) is 2.35. The van der Waals surface area contributed by atoms with Gasteiger partial charge in [-0.3, -0.25) is 0 Å². The van der Waals surface area contributed by atoms with E-state index in [0.29, 0.717) is 6.04 Å². The van der Waals surface area contributed by atoms with Crippen molar-refractivity contribution >= 4 is 5.69 Å². The third-order valence-electron chi connectivity index (χ3n) is 3.46. The smallest absolute Gasteiger partial charge is 0.141 e. The van der Waals surface area contributed by atoms with Gasteiger partial charge in [-0.2, -0.15) is 0 Å². The Morgan fingerprint density at radius 3 is 2.47 bits per heavy atom. The number of hydrogen-bond acceptors (Lipinski definition) is 2. The lowest BCUT2D eigenvalue weighted by molar-refractivity contribution is 0.415. The number of nitrogens with one attached hydrogen (secondary N) is 1. The van der Waals surface area contributed by atoms with Gasteiger partial charge in [-0.15, -0.1) is 0 Å². The molecule has 1 N–H and O–H groups in total. The van der Waals surface area contributed by atoms with Gasteiger partial charge in [-0.25, -0.2) is 0 Å². The first-order valence-corrected chi connectivity index (χ1v) is 7.33. The molecule has 0 aliphatic rings. The van der Waals surface area contributed by atoms with E-state index in [0.717, 1.165) is 11.4 Å². The fourth-order valence-electron chi connectivity index (χ4n) is 2.14. The second-order valence-corrected chi connectivity index (χ2v) is 6.35. The minimum Gasteiger partial charge on any atom is -0.495 e. The summed E-state index contributed by atoms with van der Waals surface area (Å²) in [6.45, 7) is 11.2. The molecular weight excluding hydrogens is 234 g/mol. The van der Waals surface area contributed by atoms with Crippen molar-refractivity contribution in [2.24, 2.45) is 0 Å². The minimum absolute atomic E-state index is 0.162. The molecule has 1 aromatic rings. The molecule has 1 unspecified atom stereocenters. The quantitative estimate of drug-likeness (QED) is 0.781. The van der Waals surface area contributed by atoms with Crippen LogP contribution in [0, 0.1) is 0 Å². The molecule has 0 fully saturated rings. The van der Waals surface area contributed by atoms with Crippen molar-refractivity contribution in [2.45, 2.75) is 65.3 Å². The van der Waals surface area contributed by atoms with Crippen molar-refractivity contribution in [1.82, 2.24) is 0 Å². The molecule has 19 heavy (non-hydrogen) atoms. The summed E-state index contributed by atoms with van der Waals surface area (Å²) in [4.78, 5) is 0. The van der Waals surface area contributed by atoms with E-state index in [1.54, 1.807) is 7.11 Å². The third-order valence-corrected chi connectivity index (χ3v) is 3.46. The third kappa shape index (κ3) is 4.77. The largest absolute Gasteiger partial charge is 0.495 e. The van der Waals surface area contributed by atoms with Gasteiger partial charge < -0.3 is 10.1 Å². The monoisotopic (exact) mass is 263 g/mol. The number of hydrogen-bond donors (Lipinski definition) is 1. The predicted molar refractivity (Wildman–Crippen MR) is 84.3 cm³/mol. The highest BCUT2D eigenvalue weighted by Gasteiger charge is 2.16. The average molecular weight is 263 g/mol. The van der Waals surface area contributed by atoms with Crippen LogP contribution in [-0.4, -0.2) is 13.2 Å². The maximum absolute atomic E-state index is 5.46. The summed E-state index contributed by atoms with van der Waals surface area (Å²) < 4.78 is 5.46. The lowest BCUT2D eigenvalue weighted by Gasteiger charge is -2.23. The van der Waals surface area contributed by atoms with Crippen molar-refractivity contribution < 1.29 is 4.74 Å². The van der Waals surface area contributed by atoms with Crippen LogP contribution in [0.3, 0.4) is 0 Å². The summed E-state index contributed by atoms with van der Waals surface area (Å²) in [5.74, 6) is 0.927. The van der Waals surface area contributed by atoms with Gasteiger partial charge in [-0.05, 0) is 36.5 Å². The molecular formula is C17H29NO. The van der Waals surface area contributed by atoms with E-state index in [2.05, 4.69) is 58.1 Å². The van der Waals surface area contributed by atoms with Crippen LogP contribution in [0.15, 0.2) is 18.2 Å². The fourth-order valence-corrected chi connectivity index (χ4v) is 2.14. The Morgan fingerprint density at radius 2 is 1.95 bits per heavy atom. The molecule has 1 aromatic carbocycles. The van der Waals surface area contributed by atoms with Crippen molar-refractivity contribution in [3.63, 3.8) is 0 Å². The Balaban J connectivity index is 2.90. The molecule has 2 nitrogen and oxygen atoms in total. The second kappa shape index (κ2) is 6.83. The zero-order valence-electron chi connectivity index (χ0n) is 13.3. The first-order valence-electron chi connectivity index (χ1n) is 7.33. The Morgan fingerprint density at radius 1 is 1.26 bits per heavy atom. The molecule has 0 saturated carbocycles. The molecule has 0 heterocycles. The number of anilines is 1. The van der Waals surface area contributed by atoms with E-state index in [9.17, 15) is 0 Å². The molecule has 0 aliphatic carbocycles. The van der Waals surface area contributed by atoms with Gasteiger partial charge in [-0.1, -0.05) is 46.6 Å². The van der Waals surface area contributed by atoms with Crippen LogP contribution >= 0.6 is 0 Å². The van der Waals surface area contributed by atoms with E-state index in [1.165, 1.54) is 24.8 Å². The number of rotatable bonds is 6. The van der Waals surface area contributed by atoms with Gasteiger partial charge in [0.1, 0.15) is 5.75 Å². The molecule has 0 saturated heterocycles. The van der Waals surface area contributed by atoms with Crippen LogP contribution in [0.1, 0.15) is 59.4 Å². The zero-order chi connectivity index (χ0) is 14.5. The standard InChI is InChI=1S/C17H29NO/c1-7-8-9-13(2)18-15-12-14(17(3,4)5)10-11-16(15)19-6/h10-13,18H,7-9H2,1-6H3. The maximum Gasteiger partial charge on any atom is 0.141 e. The predicted octanol–water partition coefficient (Wildman–Crippen LogP) is 4.98. The molecule has 0 amide bonds. The molecule has 0 aliphatic heterocycles. The molecule has 108 valence electrons. The van der Waals surface area contributed by atoms with E-state index in [-0.39, 0.29) is 5.41 Å². The van der Waals surface area contributed by atoms with Crippen molar-refractivity contribution in [2.75, 3.05) is 12.4 Å². The lowest BCUT2D eigenvalue weighted by Crippen LogP contribution is -2.17. The summed E-state index contributed by atoms with van der Waals surface area (Å²) in [6, 6.07) is 6.92. The Bertz CT molecular complexity index is 393. The van der Waals surface area contributed by atoms with Gasteiger partial charge >= 0.3 is 0 Å². The molecule has 1 rings (SSSR count). The highest BCUT2D eigenvalue weighted by Crippen LogP contribution is 2.32. The first-order chi connectivity index (χ1) is 8.88. The summed E-state index contributed by atoms with van der Waals surface area (Å²) in [5, 5.41) is 3.58. The van der Waals surface area contributed by atoms with Crippen LogP contribution in [0.2, 0.25) is 0 Å². The van der Waals surface area contributed by atoms with E-state index in [1.807, 2.05) is 0 Å². The van der Waals surface area contributed by atoms with Gasteiger partial charge in [0.2, 0.25) is 0 Å². The number of unbranched alkanes of at least 4 members (excludes halogenated alkanes) is 1. The van der Waals surface area contributed by atoms with E-state index in [4.69, 9.17) is 4.74 Å². The first kappa shape index (κ1) is 15.9. The van der Waals surface area contributed by atoms with Crippen LogP contribution in [-0.2, 0) is 5.41 Å². The summed E-state index contributed by atoms with van der Waals surface area (Å²) >= 11 is 0.